The first kappa shape index (κ1) is 23.1. The average Bonchev–Trinajstić information content (AvgIpc) is 2.67. The van der Waals surface area contributed by atoms with Crippen LogP contribution in [-0.2, 0) is 9.37 Å². The van der Waals surface area contributed by atoms with Crippen molar-refractivity contribution in [1.29, 1.82) is 0 Å². The fourth-order valence-corrected chi connectivity index (χ4v) is 5.24. The van der Waals surface area contributed by atoms with Crippen LogP contribution in [0, 0.1) is 0 Å². The molecule has 0 heterocycles. The molecule has 0 saturated heterocycles. The molecule has 0 aromatic heterocycles. The molecule has 8 heteroatoms. The molecule has 6 nitrogen and oxygen atoms in total. The minimum absolute atomic E-state index is 0. The van der Waals surface area contributed by atoms with Crippen LogP contribution in [0.2, 0.25) is 0 Å². The maximum absolute atomic E-state index is 9.95. The minimum Gasteiger partial charge on any atom is -0.691 e. The topological polar surface area (TPSA) is 78.3 Å². The van der Waals surface area contributed by atoms with Crippen molar-refractivity contribution in [2.45, 2.75) is 113 Å². The number of hydrogen-bond donors (Lipinski definition) is 1. The van der Waals surface area contributed by atoms with Crippen molar-refractivity contribution in [2.24, 2.45) is 10.2 Å². The fraction of sp³-hybridized carbons (Fsp3) is 1.00. The molecule has 3 fully saturated rings. The predicted octanol–water partition coefficient (Wildman–Crippen LogP) is 0.859. The Morgan fingerprint density at radius 3 is 2.19 bits per heavy atom. The smallest absolute Gasteiger partial charge is 0.691 e. The van der Waals surface area contributed by atoms with Gasteiger partial charge >= 0.3 is 29.6 Å². The van der Waals surface area contributed by atoms with Crippen LogP contribution >= 0.6 is 12.0 Å². The summed E-state index contributed by atoms with van der Waals surface area (Å²) in [5.41, 5.74) is 0. The number of rotatable bonds is 7. The van der Waals surface area contributed by atoms with Gasteiger partial charge < -0.3 is 10.6 Å². The van der Waals surface area contributed by atoms with E-state index in [9.17, 15) is 5.26 Å². The Labute approximate surface area is 184 Å². The van der Waals surface area contributed by atoms with E-state index in [-0.39, 0.29) is 35.6 Å². The zero-order valence-electron chi connectivity index (χ0n) is 16.1. The summed E-state index contributed by atoms with van der Waals surface area (Å²) in [6, 6.07) is 2.13. The SMILES string of the molecule is [Na+].[O-]OOSC1CCCC(N=NC2CCC(NC3CCCCC3)CC2)C1. The molecule has 3 aliphatic carbocycles. The van der Waals surface area contributed by atoms with Crippen LogP contribution in [0.3, 0.4) is 0 Å². The molecule has 3 aliphatic rings. The van der Waals surface area contributed by atoms with Gasteiger partial charge in [-0.25, -0.2) is 0 Å². The van der Waals surface area contributed by atoms with E-state index >= 15 is 0 Å². The van der Waals surface area contributed by atoms with E-state index < -0.39 is 0 Å². The normalized spacial score (nSPS) is 33.9. The van der Waals surface area contributed by atoms with E-state index in [4.69, 9.17) is 0 Å². The van der Waals surface area contributed by atoms with Crippen molar-refractivity contribution in [3.63, 3.8) is 0 Å². The van der Waals surface area contributed by atoms with E-state index in [2.05, 4.69) is 24.9 Å². The zero-order valence-corrected chi connectivity index (χ0v) is 18.9. The maximum Gasteiger partial charge on any atom is 1.00 e. The van der Waals surface area contributed by atoms with Crippen molar-refractivity contribution in [2.75, 3.05) is 0 Å². The largest absolute Gasteiger partial charge is 1.00 e. The molecule has 3 rings (SSSR count). The van der Waals surface area contributed by atoms with Crippen LogP contribution in [0.25, 0.3) is 0 Å². The van der Waals surface area contributed by atoms with E-state index in [1.807, 2.05) is 0 Å². The second-order valence-electron chi connectivity index (χ2n) is 7.91. The summed E-state index contributed by atoms with van der Waals surface area (Å²) in [5, 5.41) is 26.9. The van der Waals surface area contributed by atoms with Gasteiger partial charge in [0.2, 0.25) is 0 Å². The molecule has 0 amide bonds. The monoisotopic (exact) mass is 393 g/mol. The van der Waals surface area contributed by atoms with Gasteiger partial charge in [0.25, 0.3) is 0 Å². The van der Waals surface area contributed by atoms with Crippen LogP contribution in [0.5, 0.6) is 0 Å². The molecule has 0 spiro atoms. The van der Waals surface area contributed by atoms with Gasteiger partial charge in [-0.3, -0.25) is 5.04 Å². The molecule has 26 heavy (non-hydrogen) atoms. The number of hydrogen-bond acceptors (Lipinski definition) is 7. The van der Waals surface area contributed by atoms with E-state index in [1.54, 1.807) is 0 Å². The molecule has 3 saturated carbocycles. The molecule has 2 atom stereocenters. The number of nitrogens with zero attached hydrogens (tertiary/aromatic N) is 2. The summed E-state index contributed by atoms with van der Waals surface area (Å²) in [6.45, 7) is 0. The molecule has 144 valence electrons. The van der Waals surface area contributed by atoms with Crippen LogP contribution in [0.15, 0.2) is 10.2 Å². The minimum atomic E-state index is 0. The van der Waals surface area contributed by atoms with Crippen molar-refractivity contribution in [3.05, 3.63) is 0 Å². The number of azo groups is 1. The maximum atomic E-state index is 9.95. The second-order valence-corrected chi connectivity index (χ2v) is 8.91. The third kappa shape index (κ3) is 8.03. The molecule has 2 unspecified atom stereocenters. The summed E-state index contributed by atoms with van der Waals surface area (Å²) >= 11 is 1.13. The summed E-state index contributed by atoms with van der Waals surface area (Å²) in [5.74, 6) is 0. The fourth-order valence-electron chi connectivity index (χ4n) is 4.53. The van der Waals surface area contributed by atoms with Gasteiger partial charge in [0.05, 0.1) is 12.1 Å². The van der Waals surface area contributed by atoms with Gasteiger partial charge in [-0.15, -0.1) is 0 Å². The third-order valence-electron chi connectivity index (χ3n) is 5.97. The Hall–Kier alpha value is 0.790. The van der Waals surface area contributed by atoms with Gasteiger partial charge in [-0.1, -0.05) is 25.7 Å². The Morgan fingerprint density at radius 2 is 1.46 bits per heavy atom. The standard InChI is InChI=1S/C18H33N3O3S.Na/c22-23-24-25-18-8-4-7-17(13-18)21-20-16-11-9-15(10-12-16)19-14-5-2-1-3-6-14;/h14-19,22H,1-13H2;/q;+1/p-1. The van der Waals surface area contributed by atoms with Gasteiger partial charge in [0.1, 0.15) is 0 Å². The molecule has 0 radical (unpaired) electrons. The molecule has 0 aliphatic heterocycles. The quantitative estimate of drug-likeness (QED) is 0.228. The van der Waals surface area contributed by atoms with Crippen LogP contribution < -0.4 is 40.1 Å². The summed E-state index contributed by atoms with van der Waals surface area (Å²) < 4.78 is 4.47. The van der Waals surface area contributed by atoms with Crippen LogP contribution in [0.1, 0.15) is 83.5 Å². The molecular formula is C18H32N3NaO3S. The van der Waals surface area contributed by atoms with E-state index in [0.717, 1.165) is 56.6 Å². The Kier molecular flexibility index (Phi) is 11.6. The molecule has 0 aromatic carbocycles. The van der Waals surface area contributed by atoms with E-state index in [0.29, 0.717) is 17.3 Å². The van der Waals surface area contributed by atoms with Crippen LogP contribution in [-0.4, -0.2) is 29.4 Å². The molecule has 0 bridgehead atoms. The van der Waals surface area contributed by atoms with Crippen molar-refractivity contribution in [3.8, 4) is 0 Å². The summed E-state index contributed by atoms with van der Waals surface area (Å²) in [4.78, 5) is 0. The molecule has 0 aromatic rings. The first-order chi connectivity index (χ1) is 12.3. The second kappa shape index (κ2) is 13.1. The van der Waals surface area contributed by atoms with Gasteiger partial charge in [0.15, 0.2) is 0 Å². The van der Waals surface area contributed by atoms with Crippen molar-refractivity contribution >= 4 is 12.0 Å². The zero-order chi connectivity index (χ0) is 17.3. The van der Waals surface area contributed by atoms with Crippen LogP contribution in [0.4, 0.5) is 0 Å². The van der Waals surface area contributed by atoms with Gasteiger partial charge in [-0.2, -0.15) is 14.6 Å². The first-order valence-corrected chi connectivity index (χ1v) is 10.9. The first-order valence-electron chi connectivity index (χ1n) is 10.1. The summed E-state index contributed by atoms with van der Waals surface area (Å²) in [7, 11) is 0. The average molecular weight is 394 g/mol. The van der Waals surface area contributed by atoms with Gasteiger partial charge in [-0.05, 0) is 57.8 Å². The van der Waals surface area contributed by atoms with Crippen molar-refractivity contribution in [1.82, 2.24) is 5.32 Å². The Bertz CT molecular complexity index is 405. The van der Waals surface area contributed by atoms with E-state index in [1.165, 1.54) is 44.9 Å². The number of nitrogens with one attached hydrogen (secondary N) is 1. The predicted molar refractivity (Wildman–Crippen MR) is 96.7 cm³/mol. The summed E-state index contributed by atoms with van der Waals surface area (Å²) in [6.07, 6.45) is 15.9. The van der Waals surface area contributed by atoms with Crippen molar-refractivity contribution < 1.29 is 44.2 Å². The molecule has 1 N–H and O–H groups in total. The Morgan fingerprint density at radius 1 is 0.769 bits per heavy atom. The Balaban J connectivity index is 0.00000243. The van der Waals surface area contributed by atoms with Gasteiger partial charge in [0, 0.05) is 29.4 Å². The third-order valence-corrected chi connectivity index (χ3v) is 6.80. The molecular weight excluding hydrogens is 361 g/mol.